The van der Waals surface area contributed by atoms with Crippen LogP contribution >= 0.6 is 11.6 Å². The maximum absolute atomic E-state index is 12.7. The lowest BCUT2D eigenvalue weighted by atomic mass is 10.1. The van der Waals surface area contributed by atoms with Crippen LogP contribution in [-0.4, -0.2) is 29.1 Å². The van der Waals surface area contributed by atoms with Crippen molar-refractivity contribution in [3.05, 3.63) is 64.5 Å². The minimum atomic E-state index is -0.329. The molecule has 1 unspecified atom stereocenters. The molecule has 0 saturated heterocycles. The molecule has 0 aliphatic rings. The Bertz CT molecular complexity index is 920. The van der Waals surface area contributed by atoms with Crippen LogP contribution in [0.15, 0.2) is 46.9 Å². The second-order valence-electron chi connectivity index (χ2n) is 5.47. The van der Waals surface area contributed by atoms with E-state index in [0.717, 1.165) is 5.39 Å². The minimum Gasteiger partial charge on any atom is -0.441 e. The van der Waals surface area contributed by atoms with E-state index in [9.17, 15) is 9.59 Å². The number of hydrogen-bond acceptors (Lipinski definition) is 4. The van der Waals surface area contributed by atoms with Crippen molar-refractivity contribution in [2.45, 2.75) is 13.0 Å². The summed E-state index contributed by atoms with van der Waals surface area (Å²) in [5.74, 6) is 0.343. The SMILES string of the molecule is CC(c1cc2ccc(Cl)nc2o1)N(C)C(=O)c1ccccc1C=O. The summed E-state index contributed by atoms with van der Waals surface area (Å²) in [6.45, 7) is 1.85. The lowest BCUT2D eigenvalue weighted by molar-refractivity contribution is 0.0724. The number of benzene rings is 1. The number of furan rings is 1. The van der Waals surface area contributed by atoms with Crippen LogP contribution in [0.5, 0.6) is 0 Å². The molecule has 3 aromatic rings. The number of carbonyl (C=O) groups is 2. The van der Waals surface area contributed by atoms with Crippen molar-refractivity contribution < 1.29 is 14.0 Å². The van der Waals surface area contributed by atoms with Crippen molar-refractivity contribution in [2.24, 2.45) is 0 Å². The number of aromatic nitrogens is 1. The molecule has 0 N–H and O–H groups in total. The van der Waals surface area contributed by atoms with Gasteiger partial charge in [0, 0.05) is 18.0 Å². The Hall–Kier alpha value is -2.66. The first-order chi connectivity index (χ1) is 11.5. The lowest BCUT2D eigenvalue weighted by Crippen LogP contribution is -2.30. The molecule has 5 nitrogen and oxygen atoms in total. The van der Waals surface area contributed by atoms with Gasteiger partial charge in [-0.2, -0.15) is 0 Å². The molecule has 1 amide bonds. The highest BCUT2D eigenvalue weighted by Gasteiger charge is 2.23. The number of rotatable bonds is 4. The number of amides is 1. The number of halogens is 1. The molecular formula is C18H15ClN2O3. The average Bonchev–Trinajstić information content (AvgIpc) is 3.02. The molecule has 0 aliphatic heterocycles. The summed E-state index contributed by atoms with van der Waals surface area (Å²) >= 11 is 5.87. The van der Waals surface area contributed by atoms with Crippen molar-refractivity contribution in [1.82, 2.24) is 9.88 Å². The topological polar surface area (TPSA) is 63.4 Å². The van der Waals surface area contributed by atoms with E-state index in [0.29, 0.717) is 34.0 Å². The third-order valence-corrected chi connectivity index (χ3v) is 4.21. The number of carbonyl (C=O) groups excluding carboxylic acids is 2. The number of fused-ring (bicyclic) bond motifs is 1. The zero-order chi connectivity index (χ0) is 17.3. The fourth-order valence-corrected chi connectivity index (χ4v) is 2.61. The van der Waals surface area contributed by atoms with Gasteiger partial charge in [0.05, 0.1) is 11.6 Å². The first-order valence-corrected chi connectivity index (χ1v) is 7.76. The predicted molar refractivity (Wildman–Crippen MR) is 91.4 cm³/mol. The molecule has 6 heteroatoms. The Morgan fingerprint density at radius 3 is 2.79 bits per heavy atom. The van der Waals surface area contributed by atoms with E-state index in [1.807, 2.05) is 19.1 Å². The maximum atomic E-state index is 12.7. The van der Waals surface area contributed by atoms with Gasteiger partial charge in [0.15, 0.2) is 6.29 Å². The van der Waals surface area contributed by atoms with Gasteiger partial charge >= 0.3 is 0 Å². The van der Waals surface area contributed by atoms with Gasteiger partial charge in [-0.25, -0.2) is 4.98 Å². The van der Waals surface area contributed by atoms with Gasteiger partial charge < -0.3 is 9.32 Å². The van der Waals surface area contributed by atoms with Crippen LogP contribution in [0.3, 0.4) is 0 Å². The maximum Gasteiger partial charge on any atom is 0.254 e. The number of aldehydes is 1. The van der Waals surface area contributed by atoms with E-state index < -0.39 is 0 Å². The lowest BCUT2D eigenvalue weighted by Gasteiger charge is -2.23. The molecule has 0 spiro atoms. The normalized spacial score (nSPS) is 12.1. The largest absolute Gasteiger partial charge is 0.441 e. The van der Waals surface area contributed by atoms with Crippen molar-refractivity contribution in [2.75, 3.05) is 7.05 Å². The fraction of sp³-hybridized carbons (Fsp3) is 0.167. The van der Waals surface area contributed by atoms with Gasteiger partial charge in [0.1, 0.15) is 10.9 Å². The first kappa shape index (κ1) is 16.2. The first-order valence-electron chi connectivity index (χ1n) is 7.38. The molecular weight excluding hydrogens is 328 g/mol. The summed E-state index contributed by atoms with van der Waals surface area (Å²) in [6.07, 6.45) is 0.679. The quantitative estimate of drug-likeness (QED) is 0.528. The van der Waals surface area contributed by atoms with E-state index in [4.69, 9.17) is 16.0 Å². The van der Waals surface area contributed by atoms with Crippen LogP contribution in [0.4, 0.5) is 0 Å². The summed E-state index contributed by atoms with van der Waals surface area (Å²) in [7, 11) is 1.67. The zero-order valence-electron chi connectivity index (χ0n) is 13.2. The Kier molecular flexibility index (Phi) is 4.36. The standard InChI is InChI=1S/C18H15ClN2O3/c1-11(15-9-12-7-8-16(19)20-17(12)24-15)21(2)18(23)14-6-4-3-5-13(14)10-22/h3-11H,1-2H3. The second-order valence-corrected chi connectivity index (χ2v) is 5.86. The van der Waals surface area contributed by atoms with E-state index in [1.165, 1.54) is 4.90 Å². The van der Waals surface area contributed by atoms with Gasteiger partial charge in [-0.15, -0.1) is 0 Å². The van der Waals surface area contributed by atoms with Crippen LogP contribution in [-0.2, 0) is 0 Å². The van der Waals surface area contributed by atoms with E-state index in [2.05, 4.69) is 4.98 Å². The molecule has 0 fully saturated rings. The highest BCUT2D eigenvalue weighted by Crippen LogP contribution is 2.27. The number of nitrogens with zero attached hydrogens (tertiary/aromatic N) is 2. The van der Waals surface area contributed by atoms with Gasteiger partial charge in [0.25, 0.3) is 5.91 Å². The monoisotopic (exact) mass is 342 g/mol. The van der Waals surface area contributed by atoms with Gasteiger partial charge in [-0.3, -0.25) is 9.59 Å². The molecule has 0 saturated carbocycles. The van der Waals surface area contributed by atoms with E-state index in [1.54, 1.807) is 37.4 Å². The Morgan fingerprint density at radius 2 is 2.04 bits per heavy atom. The molecule has 3 rings (SSSR count). The zero-order valence-corrected chi connectivity index (χ0v) is 13.9. The van der Waals surface area contributed by atoms with Crippen molar-refractivity contribution in [3.8, 4) is 0 Å². The third-order valence-electron chi connectivity index (χ3n) is 4.00. The van der Waals surface area contributed by atoms with Crippen LogP contribution in [0, 0.1) is 0 Å². The summed E-state index contributed by atoms with van der Waals surface area (Å²) < 4.78 is 5.72. The molecule has 0 bridgehead atoms. The number of hydrogen-bond donors (Lipinski definition) is 0. The Balaban J connectivity index is 1.91. The summed E-state index contributed by atoms with van der Waals surface area (Å²) in [5.41, 5.74) is 1.15. The fourth-order valence-electron chi connectivity index (χ4n) is 2.47. The molecule has 2 aromatic heterocycles. The molecule has 24 heavy (non-hydrogen) atoms. The highest BCUT2D eigenvalue weighted by molar-refractivity contribution is 6.29. The van der Waals surface area contributed by atoms with Gasteiger partial charge in [-0.1, -0.05) is 29.8 Å². The van der Waals surface area contributed by atoms with Crippen molar-refractivity contribution in [1.29, 1.82) is 0 Å². The minimum absolute atomic E-state index is 0.253. The summed E-state index contributed by atoms with van der Waals surface area (Å²) in [4.78, 5) is 29.5. The summed E-state index contributed by atoms with van der Waals surface area (Å²) in [5, 5.41) is 1.16. The Morgan fingerprint density at radius 1 is 1.29 bits per heavy atom. The predicted octanol–water partition coefficient (Wildman–Crippen LogP) is 4.13. The van der Waals surface area contributed by atoms with Gasteiger partial charge in [-0.05, 0) is 31.2 Å². The number of pyridine rings is 1. The molecule has 122 valence electrons. The van der Waals surface area contributed by atoms with Crippen molar-refractivity contribution in [3.63, 3.8) is 0 Å². The van der Waals surface area contributed by atoms with Crippen LogP contribution in [0.25, 0.3) is 11.1 Å². The molecule has 1 aromatic carbocycles. The molecule has 1 atom stereocenters. The van der Waals surface area contributed by atoms with Crippen LogP contribution in [0.1, 0.15) is 39.4 Å². The Labute approximate surface area is 143 Å². The molecule has 0 aliphatic carbocycles. The smallest absolute Gasteiger partial charge is 0.254 e. The second kappa shape index (κ2) is 6.45. The van der Waals surface area contributed by atoms with Crippen LogP contribution < -0.4 is 0 Å². The van der Waals surface area contributed by atoms with E-state index in [-0.39, 0.29) is 11.9 Å². The van der Waals surface area contributed by atoms with Crippen LogP contribution in [0.2, 0.25) is 5.15 Å². The summed E-state index contributed by atoms with van der Waals surface area (Å²) in [6, 6.07) is 11.7. The molecule has 2 heterocycles. The molecule has 0 radical (unpaired) electrons. The van der Waals surface area contributed by atoms with E-state index >= 15 is 0 Å². The average molecular weight is 343 g/mol. The third kappa shape index (κ3) is 2.90. The highest BCUT2D eigenvalue weighted by atomic mass is 35.5. The van der Waals surface area contributed by atoms with Crippen molar-refractivity contribution >= 4 is 34.9 Å². The van der Waals surface area contributed by atoms with Gasteiger partial charge in [0.2, 0.25) is 5.71 Å².